The summed E-state index contributed by atoms with van der Waals surface area (Å²) in [5.41, 5.74) is 1.25. The molecule has 1 aromatic rings. The van der Waals surface area contributed by atoms with E-state index in [2.05, 4.69) is 10.6 Å². The number of rotatable bonds is 5. The Bertz CT molecular complexity index is 614. The molecule has 3 rings (SSSR count). The van der Waals surface area contributed by atoms with Crippen LogP contribution in [0.2, 0.25) is 0 Å². The third-order valence-electron chi connectivity index (χ3n) is 5.13. The molecule has 3 atom stereocenters. The molecule has 2 aliphatic rings. The van der Waals surface area contributed by atoms with Crippen molar-refractivity contribution in [2.45, 2.75) is 39.0 Å². The van der Waals surface area contributed by atoms with E-state index >= 15 is 0 Å². The van der Waals surface area contributed by atoms with E-state index in [0.29, 0.717) is 29.5 Å². The maximum atomic E-state index is 12.4. The number of amides is 2. The molecule has 0 aliphatic heterocycles. The van der Waals surface area contributed by atoms with Crippen LogP contribution in [0.4, 0.5) is 11.4 Å². The highest BCUT2D eigenvalue weighted by molar-refractivity contribution is 5.95. The lowest BCUT2D eigenvalue weighted by Gasteiger charge is -2.21. The second kappa shape index (κ2) is 6.60. The van der Waals surface area contributed by atoms with Gasteiger partial charge in [0.2, 0.25) is 11.8 Å². The number of nitrogens with one attached hydrogen (secondary N) is 2. The number of benzene rings is 1. The molecule has 0 heterocycles. The molecule has 2 bridgehead atoms. The van der Waals surface area contributed by atoms with E-state index < -0.39 is 0 Å². The molecule has 0 unspecified atom stereocenters. The number of methoxy groups -OCH3 is 1. The lowest BCUT2D eigenvalue weighted by Crippen LogP contribution is -2.20. The third-order valence-corrected chi connectivity index (χ3v) is 5.13. The van der Waals surface area contributed by atoms with Crippen LogP contribution < -0.4 is 15.4 Å². The van der Waals surface area contributed by atoms with Gasteiger partial charge in [-0.3, -0.25) is 9.59 Å². The molecule has 1 aromatic carbocycles. The summed E-state index contributed by atoms with van der Waals surface area (Å²) >= 11 is 0. The van der Waals surface area contributed by atoms with Gasteiger partial charge in [-0.15, -0.1) is 0 Å². The smallest absolute Gasteiger partial charge is 0.224 e. The van der Waals surface area contributed by atoms with Crippen molar-refractivity contribution in [3.8, 4) is 5.75 Å². The van der Waals surface area contributed by atoms with Crippen LogP contribution in [0.3, 0.4) is 0 Å². The molecule has 0 spiro atoms. The summed E-state index contributed by atoms with van der Waals surface area (Å²) in [6.45, 7) is 1.46. The standard InChI is InChI=1S/C18H24N2O3/c1-11(21)19-15-5-6-17(23-2)16(10-15)20-18(22)9-14-8-12-3-4-13(14)7-12/h5-6,10,12-14H,3-4,7-9H2,1-2H3,(H,19,21)(H,20,22)/t12-,13+,14-/m0/s1. The normalized spacial score (nSPS) is 25.2. The maximum Gasteiger partial charge on any atom is 0.224 e. The van der Waals surface area contributed by atoms with Crippen molar-refractivity contribution in [3.63, 3.8) is 0 Å². The first-order valence-corrected chi connectivity index (χ1v) is 8.30. The predicted octanol–water partition coefficient (Wildman–Crippen LogP) is 3.42. The Morgan fingerprint density at radius 2 is 2.04 bits per heavy atom. The van der Waals surface area contributed by atoms with Gasteiger partial charge in [-0.25, -0.2) is 0 Å². The molecule has 5 nitrogen and oxygen atoms in total. The van der Waals surface area contributed by atoms with E-state index in [9.17, 15) is 9.59 Å². The minimum Gasteiger partial charge on any atom is -0.495 e. The van der Waals surface area contributed by atoms with Gasteiger partial charge >= 0.3 is 0 Å². The Labute approximate surface area is 136 Å². The molecule has 0 aromatic heterocycles. The van der Waals surface area contributed by atoms with Crippen LogP contribution in [0.1, 0.15) is 39.0 Å². The SMILES string of the molecule is COc1ccc(NC(C)=O)cc1NC(=O)C[C@@H]1C[C@H]2CC[C@@H]1C2. The topological polar surface area (TPSA) is 67.4 Å². The Balaban J connectivity index is 1.65. The number of carbonyl (C=O) groups is 2. The first-order valence-electron chi connectivity index (χ1n) is 8.30. The fourth-order valence-electron chi connectivity index (χ4n) is 4.15. The molecule has 2 fully saturated rings. The molecule has 0 radical (unpaired) electrons. The molecule has 124 valence electrons. The summed E-state index contributed by atoms with van der Waals surface area (Å²) in [5, 5.41) is 5.67. The Kier molecular flexibility index (Phi) is 4.55. The lowest BCUT2D eigenvalue weighted by molar-refractivity contribution is -0.117. The summed E-state index contributed by atoms with van der Waals surface area (Å²) in [6.07, 6.45) is 5.70. The van der Waals surface area contributed by atoms with Crippen molar-refractivity contribution < 1.29 is 14.3 Å². The van der Waals surface area contributed by atoms with Crippen molar-refractivity contribution in [2.75, 3.05) is 17.7 Å². The fraction of sp³-hybridized carbons (Fsp3) is 0.556. The molecule has 5 heteroatoms. The number of anilines is 2. The molecule has 2 saturated carbocycles. The zero-order chi connectivity index (χ0) is 16.4. The van der Waals surface area contributed by atoms with Gasteiger partial charge in [0.05, 0.1) is 12.8 Å². The summed E-state index contributed by atoms with van der Waals surface area (Å²) in [6, 6.07) is 5.24. The summed E-state index contributed by atoms with van der Waals surface area (Å²) in [4.78, 5) is 23.6. The van der Waals surface area contributed by atoms with E-state index in [4.69, 9.17) is 4.74 Å². The van der Waals surface area contributed by atoms with Gasteiger partial charge in [0.25, 0.3) is 0 Å². The van der Waals surface area contributed by atoms with Gasteiger partial charge < -0.3 is 15.4 Å². The minimum absolute atomic E-state index is 0.0285. The van der Waals surface area contributed by atoms with Gasteiger partial charge in [0.1, 0.15) is 5.75 Å². The number of hydrogen-bond acceptors (Lipinski definition) is 3. The highest BCUT2D eigenvalue weighted by Crippen LogP contribution is 2.49. The van der Waals surface area contributed by atoms with E-state index in [1.165, 1.54) is 32.6 Å². The van der Waals surface area contributed by atoms with Crippen molar-refractivity contribution >= 4 is 23.2 Å². The van der Waals surface area contributed by atoms with E-state index in [1.54, 1.807) is 25.3 Å². The van der Waals surface area contributed by atoms with Crippen LogP contribution in [0.25, 0.3) is 0 Å². The van der Waals surface area contributed by atoms with Gasteiger partial charge in [-0.05, 0) is 55.2 Å². The van der Waals surface area contributed by atoms with Gasteiger partial charge in [0, 0.05) is 19.0 Å². The Morgan fingerprint density at radius 3 is 2.65 bits per heavy atom. The summed E-state index contributed by atoms with van der Waals surface area (Å²) in [7, 11) is 1.57. The van der Waals surface area contributed by atoms with Crippen molar-refractivity contribution in [1.29, 1.82) is 0 Å². The molecular weight excluding hydrogens is 292 g/mol. The van der Waals surface area contributed by atoms with E-state index in [1.807, 2.05) is 0 Å². The van der Waals surface area contributed by atoms with Crippen molar-refractivity contribution in [3.05, 3.63) is 18.2 Å². The highest BCUT2D eigenvalue weighted by atomic mass is 16.5. The van der Waals surface area contributed by atoms with Crippen LogP contribution in [0.15, 0.2) is 18.2 Å². The summed E-state index contributed by atoms with van der Waals surface area (Å²) in [5.74, 6) is 2.59. The average molecular weight is 316 g/mol. The first-order chi connectivity index (χ1) is 11.0. The molecule has 2 amide bonds. The predicted molar refractivity (Wildman–Crippen MR) is 89.5 cm³/mol. The molecule has 0 saturated heterocycles. The summed E-state index contributed by atoms with van der Waals surface area (Å²) < 4.78 is 5.30. The number of fused-ring (bicyclic) bond motifs is 2. The minimum atomic E-state index is -0.144. The number of hydrogen-bond donors (Lipinski definition) is 2. The second-order valence-corrected chi connectivity index (χ2v) is 6.78. The van der Waals surface area contributed by atoms with Gasteiger partial charge in [0.15, 0.2) is 0 Å². The fourth-order valence-corrected chi connectivity index (χ4v) is 4.15. The van der Waals surface area contributed by atoms with Gasteiger partial charge in [-0.1, -0.05) is 6.42 Å². The van der Waals surface area contributed by atoms with Crippen molar-refractivity contribution in [2.24, 2.45) is 17.8 Å². The maximum absolute atomic E-state index is 12.4. The van der Waals surface area contributed by atoms with Crippen LogP contribution in [0, 0.1) is 17.8 Å². The molecule has 23 heavy (non-hydrogen) atoms. The number of ether oxygens (including phenoxy) is 1. The van der Waals surface area contributed by atoms with E-state index in [-0.39, 0.29) is 11.8 Å². The first kappa shape index (κ1) is 15.8. The van der Waals surface area contributed by atoms with Crippen molar-refractivity contribution in [1.82, 2.24) is 0 Å². The van der Waals surface area contributed by atoms with Crippen LogP contribution in [0.5, 0.6) is 5.75 Å². The quantitative estimate of drug-likeness (QED) is 0.874. The Hall–Kier alpha value is -2.04. The zero-order valence-corrected chi connectivity index (χ0v) is 13.7. The average Bonchev–Trinajstić information content (AvgIpc) is 3.09. The van der Waals surface area contributed by atoms with Crippen LogP contribution in [-0.4, -0.2) is 18.9 Å². The highest BCUT2D eigenvalue weighted by Gasteiger charge is 2.40. The molecule has 2 N–H and O–H groups in total. The van der Waals surface area contributed by atoms with Crippen LogP contribution >= 0.6 is 0 Å². The van der Waals surface area contributed by atoms with Crippen LogP contribution in [-0.2, 0) is 9.59 Å². The third kappa shape index (κ3) is 3.66. The second-order valence-electron chi connectivity index (χ2n) is 6.78. The number of carbonyl (C=O) groups excluding carboxylic acids is 2. The largest absolute Gasteiger partial charge is 0.495 e. The lowest BCUT2D eigenvalue weighted by atomic mass is 9.86. The molecule has 2 aliphatic carbocycles. The zero-order valence-electron chi connectivity index (χ0n) is 13.7. The van der Waals surface area contributed by atoms with E-state index in [0.717, 1.165) is 11.8 Å². The van der Waals surface area contributed by atoms with Gasteiger partial charge in [-0.2, -0.15) is 0 Å². The monoisotopic (exact) mass is 316 g/mol. The molecular formula is C18H24N2O3. The Morgan fingerprint density at radius 1 is 1.22 bits per heavy atom.